The number of urea groups is 1. The third-order valence-corrected chi connectivity index (χ3v) is 5.15. The molecule has 3 rings (SSSR count). The number of hydrogen-bond acceptors (Lipinski definition) is 4. The zero-order valence-corrected chi connectivity index (χ0v) is 16.5. The summed E-state index contributed by atoms with van der Waals surface area (Å²) < 4.78 is 5.44. The highest BCUT2D eigenvalue weighted by atomic mass is 16.5. The number of benzene rings is 2. The summed E-state index contributed by atoms with van der Waals surface area (Å²) in [5.41, 5.74) is 2.99. The molecule has 1 aliphatic rings. The molecule has 2 atom stereocenters. The largest absolute Gasteiger partial charge is 0.495 e. The van der Waals surface area contributed by atoms with Gasteiger partial charge >= 0.3 is 6.03 Å². The third-order valence-electron chi connectivity index (χ3n) is 5.15. The number of aliphatic hydroxyl groups is 1. The summed E-state index contributed by atoms with van der Waals surface area (Å²) in [7, 11) is 1.68. The maximum atomic E-state index is 12.1. The standard InChI is InChI=1S/C22H29N3O3/c1-16-6-5-7-18(12-16)20(26)14-24-22(27)23-13-17-10-11-25(15-17)19-8-3-4-9-21(19)28-2/h3-9,12,17,20,26H,10-11,13-15H2,1-2H3,(H2,23,24,27). The molecule has 1 heterocycles. The molecule has 28 heavy (non-hydrogen) atoms. The van der Waals surface area contributed by atoms with Gasteiger partial charge in [0.2, 0.25) is 0 Å². The van der Waals surface area contributed by atoms with E-state index in [-0.39, 0.29) is 12.6 Å². The summed E-state index contributed by atoms with van der Waals surface area (Å²) in [6.07, 6.45) is 0.308. The number of carbonyl (C=O) groups is 1. The first-order chi connectivity index (χ1) is 13.6. The molecule has 2 amide bonds. The van der Waals surface area contributed by atoms with E-state index in [1.165, 1.54) is 0 Å². The van der Waals surface area contributed by atoms with E-state index >= 15 is 0 Å². The highest BCUT2D eigenvalue weighted by molar-refractivity contribution is 5.73. The molecule has 2 aromatic rings. The lowest BCUT2D eigenvalue weighted by Crippen LogP contribution is -2.40. The number of rotatable bonds is 7. The average molecular weight is 383 g/mol. The Bertz CT molecular complexity index is 796. The zero-order chi connectivity index (χ0) is 19.9. The Labute approximate surface area is 166 Å². The number of nitrogens with zero attached hydrogens (tertiary/aromatic N) is 1. The van der Waals surface area contributed by atoms with E-state index in [9.17, 15) is 9.90 Å². The number of nitrogens with one attached hydrogen (secondary N) is 2. The van der Waals surface area contributed by atoms with Gasteiger partial charge in [-0.3, -0.25) is 0 Å². The van der Waals surface area contributed by atoms with Crippen molar-refractivity contribution < 1.29 is 14.6 Å². The van der Waals surface area contributed by atoms with Crippen molar-refractivity contribution in [3.63, 3.8) is 0 Å². The summed E-state index contributed by atoms with van der Waals surface area (Å²) >= 11 is 0. The average Bonchev–Trinajstić information content (AvgIpc) is 3.19. The molecule has 3 N–H and O–H groups in total. The Balaban J connectivity index is 1.42. The van der Waals surface area contributed by atoms with Crippen molar-refractivity contribution in [3.05, 3.63) is 59.7 Å². The van der Waals surface area contributed by atoms with Crippen LogP contribution in [-0.4, -0.2) is 44.4 Å². The van der Waals surface area contributed by atoms with Gasteiger partial charge in [-0.25, -0.2) is 4.79 Å². The number of aryl methyl sites for hydroxylation is 1. The van der Waals surface area contributed by atoms with Crippen LogP contribution in [0, 0.1) is 12.8 Å². The van der Waals surface area contributed by atoms with Crippen molar-refractivity contribution >= 4 is 11.7 Å². The molecule has 6 heteroatoms. The minimum absolute atomic E-state index is 0.188. The number of methoxy groups -OCH3 is 1. The van der Waals surface area contributed by atoms with Crippen molar-refractivity contribution in [1.29, 1.82) is 0 Å². The molecule has 2 aromatic carbocycles. The molecule has 0 bridgehead atoms. The maximum absolute atomic E-state index is 12.1. The molecule has 0 radical (unpaired) electrons. The van der Waals surface area contributed by atoms with Gasteiger partial charge in [0.05, 0.1) is 18.9 Å². The number of ether oxygens (including phenoxy) is 1. The van der Waals surface area contributed by atoms with E-state index in [2.05, 4.69) is 21.6 Å². The summed E-state index contributed by atoms with van der Waals surface area (Å²) in [6, 6.07) is 15.4. The topological polar surface area (TPSA) is 73.8 Å². The first-order valence-electron chi connectivity index (χ1n) is 9.71. The Morgan fingerprint density at radius 1 is 1.25 bits per heavy atom. The highest BCUT2D eigenvalue weighted by Gasteiger charge is 2.24. The Hall–Kier alpha value is -2.73. The second kappa shape index (κ2) is 9.46. The van der Waals surface area contributed by atoms with Crippen molar-refractivity contribution in [2.75, 3.05) is 38.2 Å². The van der Waals surface area contributed by atoms with E-state index < -0.39 is 6.10 Å². The van der Waals surface area contributed by atoms with Crippen LogP contribution in [0.5, 0.6) is 5.75 Å². The van der Waals surface area contributed by atoms with E-state index in [1.807, 2.05) is 49.4 Å². The fourth-order valence-electron chi connectivity index (χ4n) is 3.59. The molecule has 1 aliphatic heterocycles. The van der Waals surface area contributed by atoms with Crippen LogP contribution in [0.25, 0.3) is 0 Å². The number of amides is 2. The van der Waals surface area contributed by atoms with Gasteiger partial charge in [-0.1, -0.05) is 42.0 Å². The lowest BCUT2D eigenvalue weighted by molar-refractivity contribution is 0.173. The molecule has 1 saturated heterocycles. The molecule has 0 spiro atoms. The minimum Gasteiger partial charge on any atom is -0.495 e. The van der Waals surface area contributed by atoms with Gasteiger partial charge in [0, 0.05) is 26.2 Å². The summed E-state index contributed by atoms with van der Waals surface area (Å²) in [6.45, 7) is 4.60. The third kappa shape index (κ3) is 5.16. The predicted octanol–water partition coefficient (Wildman–Crippen LogP) is 2.86. The van der Waals surface area contributed by atoms with Crippen LogP contribution in [0.3, 0.4) is 0 Å². The fourth-order valence-corrected chi connectivity index (χ4v) is 3.59. The van der Waals surface area contributed by atoms with Crippen molar-refractivity contribution in [1.82, 2.24) is 10.6 Å². The second-order valence-corrected chi connectivity index (χ2v) is 7.29. The van der Waals surface area contributed by atoms with Gasteiger partial charge in [-0.15, -0.1) is 0 Å². The zero-order valence-electron chi connectivity index (χ0n) is 16.5. The van der Waals surface area contributed by atoms with Crippen LogP contribution >= 0.6 is 0 Å². The molecule has 0 aliphatic carbocycles. The van der Waals surface area contributed by atoms with Gasteiger partial charge in [0.25, 0.3) is 0 Å². The molecule has 1 fully saturated rings. The van der Waals surface area contributed by atoms with Gasteiger partial charge in [-0.05, 0) is 37.0 Å². The van der Waals surface area contributed by atoms with E-state index in [0.717, 1.165) is 42.1 Å². The number of hydrogen-bond donors (Lipinski definition) is 3. The normalized spacial score (nSPS) is 17.2. The van der Waals surface area contributed by atoms with E-state index in [1.54, 1.807) is 7.11 Å². The Kier molecular flexibility index (Phi) is 6.76. The van der Waals surface area contributed by atoms with Crippen LogP contribution < -0.4 is 20.3 Å². The van der Waals surface area contributed by atoms with Crippen LogP contribution in [0.4, 0.5) is 10.5 Å². The fraction of sp³-hybridized carbons (Fsp3) is 0.409. The summed E-state index contributed by atoms with van der Waals surface area (Å²) in [5.74, 6) is 1.26. The maximum Gasteiger partial charge on any atom is 0.314 e. The number of aliphatic hydroxyl groups excluding tert-OH is 1. The molecule has 150 valence electrons. The number of para-hydroxylation sites is 2. The van der Waals surface area contributed by atoms with Crippen molar-refractivity contribution in [2.45, 2.75) is 19.4 Å². The molecular formula is C22H29N3O3. The summed E-state index contributed by atoms with van der Waals surface area (Å²) in [4.78, 5) is 14.4. The molecule has 2 unspecified atom stereocenters. The SMILES string of the molecule is COc1ccccc1N1CCC(CNC(=O)NCC(O)c2cccc(C)c2)C1. The molecule has 0 saturated carbocycles. The first-order valence-corrected chi connectivity index (χ1v) is 9.71. The minimum atomic E-state index is -0.710. The first kappa shape index (κ1) is 20.0. The predicted molar refractivity (Wildman–Crippen MR) is 111 cm³/mol. The highest BCUT2D eigenvalue weighted by Crippen LogP contribution is 2.31. The number of carbonyl (C=O) groups excluding carboxylic acids is 1. The second-order valence-electron chi connectivity index (χ2n) is 7.29. The Morgan fingerprint density at radius 2 is 2.07 bits per heavy atom. The van der Waals surface area contributed by atoms with E-state index in [0.29, 0.717) is 12.5 Å². The van der Waals surface area contributed by atoms with E-state index in [4.69, 9.17) is 4.74 Å². The van der Waals surface area contributed by atoms with Crippen LogP contribution in [-0.2, 0) is 0 Å². The quantitative estimate of drug-likeness (QED) is 0.687. The van der Waals surface area contributed by atoms with Gasteiger partial charge in [0.1, 0.15) is 5.75 Å². The van der Waals surface area contributed by atoms with Gasteiger partial charge in [0.15, 0.2) is 0 Å². The lowest BCUT2D eigenvalue weighted by atomic mass is 10.1. The van der Waals surface area contributed by atoms with Gasteiger partial charge < -0.3 is 25.4 Å². The molecular weight excluding hydrogens is 354 g/mol. The van der Waals surface area contributed by atoms with Crippen molar-refractivity contribution in [3.8, 4) is 5.75 Å². The van der Waals surface area contributed by atoms with Crippen LogP contribution in [0.1, 0.15) is 23.7 Å². The van der Waals surface area contributed by atoms with Crippen molar-refractivity contribution in [2.24, 2.45) is 5.92 Å². The smallest absolute Gasteiger partial charge is 0.314 e. The van der Waals surface area contributed by atoms with Crippen LogP contribution in [0.15, 0.2) is 48.5 Å². The molecule has 6 nitrogen and oxygen atoms in total. The number of anilines is 1. The molecule has 0 aromatic heterocycles. The Morgan fingerprint density at radius 3 is 2.86 bits per heavy atom. The summed E-state index contributed by atoms with van der Waals surface area (Å²) in [5, 5.41) is 15.9. The van der Waals surface area contributed by atoms with Gasteiger partial charge in [-0.2, -0.15) is 0 Å². The lowest BCUT2D eigenvalue weighted by Gasteiger charge is -2.21. The monoisotopic (exact) mass is 383 g/mol. The van der Waals surface area contributed by atoms with Crippen LogP contribution in [0.2, 0.25) is 0 Å².